The average molecular weight is 348 g/mol. The fourth-order valence-corrected chi connectivity index (χ4v) is 1.94. The molecule has 0 aromatic heterocycles. The van der Waals surface area contributed by atoms with Gasteiger partial charge in [0.25, 0.3) is 0 Å². The van der Waals surface area contributed by atoms with Gasteiger partial charge in [-0.1, -0.05) is 6.07 Å². The molecule has 1 atom stereocenters. The molecule has 0 radical (unpaired) electrons. The molecule has 0 spiro atoms. The largest absolute Gasteiger partial charge is 0.496 e. The number of methoxy groups -OCH3 is 1. The van der Waals surface area contributed by atoms with Crippen LogP contribution < -0.4 is 10.1 Å². The molecule has 0 aliphatic carbocycles. The molecule has 0 unspecified atom stereocenters. The molecule has 1 heterocycles. The zero-order valence-corrected chi connectivity index (χ0v) is 11.9. The first-order valence-electron chi connectivity index (χ1n) is 5.71. The van der Waals surface area contributed by atoms with Gasteiger partial charge in [-0.25, -0.2) is 13.6 Å². The third kappa shape index (κ3) is 3.52. The molecule has 1 aliphatic heterocycles. The number of benzene rings is 1. The molecular weight excluding hydrogens is 337 g/mol. The van der Waals surface area contributed by atoms with Crippen molar-refractivity contribution in [2.45, 2.75) is 18.1 Å². The lowest BCUT2D eigenvalue weighted by atomic mass is 9.97. The number of alkyl halides is 5. The van der Waals surface area contributed by atoms with Gasteiger partial charge in [0.1, 0.15) is 11.8 Å². The summed E-state index contributed by atoms with van der Waals surface area (Å²) >= 11 is 0. The van der Waals surface area contributed by atoms with E-state index in [0.717, 1.165) is 13.2 Å². The average Bonchev–Trinajstić information content (AvgIpc) is 2.40. The van der Waals surface area contributed by atoms with Crippen molar-refractivity contribution in [1.29, 1.82) is 0 Å². The van der Waals surface area contributed by atoms with Crippen LogP contribution in [-0.2, 0) is 10.9 Å². The summed E-state index contributed by atoms with van der Waals surface area (Å²) in [4.78, 5) is 11.1. The molecule has 1 amide bonds. The van der Waals surface area contributed by atoms with E-state index in [1.54, 1.807) is 0 Å². The van der Waals surface area contributed by atoms with E-state index >= 15 is 0 Å². The molecular formula is C12H11ClF5NO3. The minimum absolute atomic E-state index is 0. The standard InChI is InChI=1S/C12H10F5NO3.ClH/c1-20-8-4-6(12(15,16)17)2-3-7(8)9-11(13,14)5-21-10(19)18-9;/h2-4,9H,5H2,1H3,(H,18,19);1H/t9-;/m0./s1. The van der Waals surface area contributed by atoms with Crippen LogP contribution in [0.2, 0.25) is 0 Å². The van der Waals surface area contributed by atoms with Crippen LogP contribution >= 0.6 is 12.4 Å². The maximum Gasteiger partial charge on any atom is 0.416 e. The Labute approximate surface area is 128 Å². The van der Waals surface area contributed by atoms with Crippen LogP contribution in [0.4, 0.5) is 26.7 Å². The van der Waals surface area contributed by atoms with Gasteiger partial charge in [0.15, 0.2) is 6.61 Å². The van der Waals surface area contributed by atoms with Crippen LogP contribution in [0.15, 0.2) is 18.2 Å². The summed E-state index contributed by atoms with van der Waals surface area (Å²) in [5.41, 5.74) is -1.29. The number of cyclic esters (lactones) is 1. The predicted molar refractivity (Wildman–Crippen MR) is 67.4 cm³/mol. The summed E-state index contributed by atoms with van der Waals surface area (Å²) < 4.78 is 74.2. The molecule has 10 heteroatoms. The van der Waals surface area contributed by atoms with Crippen molar-refractivity contribution in [3.8, 4) is 5.75 Å². The van der Waals surface area contributed by atoms with Crippen molar-refractivity contribution in [2.24, 2.45) is 0 Å². The number of ether oxygens (including phenoxy) is 2. The summed E-state index contributed by atoms with van der Waals surface area (Å²) in [5, 5.41) is 1.88. The first-order valence-corrected chi connectivity index (χ1v) is 5.71. The second-order valence-electron chi connectivity index (χ2n) is 4.37. The molecule has 1 aliphatic rings. The Bertz CT molecular complexity index is 564. The summed E-state index contributed by atoms with van der Waals surface area (Å²) in [6.45, 7) is -1.16. The molecule has 4 nitrogen and oxygen atoms in total. The molecule has 1 fully saturated rings. The fourth-order valence-electron chi connectivity index (χ4n) is 1.94. The van der Waals surface area contributed by atoms with Crippen molar-refractivity contribution in [2.75, 3.05) is 13.7 Å². The van der Waals surface area contributed by atoms with E-state index in [2.05, 4.69) is 4.74 Å². The van der Waals surface area contributed by atoms with E-state index in [4.69, 9.17) is 4.74 Å². The van der Waals surface area contributed by atoms with Crippen LogP contribution in [0, 0.1) is 0 Å². The number of alkyl carbamates (subject to hydrolysis) is 1. The zero-order valence-electron chi connectivity index (χ0n) is 11.0. The Balaban J connectivity index is 0.00000242. The second kappa shape index (κ2) is 6.15. The lowest BCUT2D eigenvalue weighted by molar-refractivity contribution is -0.137. The third-order valence-electron chi connectivity index (χ3n) is 2.95. The normalized spacial score (nSPS) is 20.5. The molecule has 1 aromatic carbocycles. The Kier molecular flexibility index (Phi) is 5.11. The number of hydrogen-bond acceptors (Lipinski definition) is 3. The van der Waals surface area contributed by atoms with E-state index in [0.29, 0.717) is 12.1 Å². The molecule has 22 heavy (non-hydrogen) atoms. The van der Waals surface area contributed by atoms with Crippen molar-refractivity contribution < 1.29 is 36.2 Å². The van der Waals surface area contributed by atoms with Gasteiger partial charge in [0.2, 0.25) is 0 Å². The Hall–Kier alpha value is -1.77. The number of halogens is 6. The van der Waals surface area contributed by atoms with Crippen LogP contribution in [0.25, 0.3) is 0 Å². The van der Waals surface area contributed by atoms with Gasteiger partial charge < -0.3 is 14.8 Å². The minimum Gasteiger partial charge on any atom is -0.496 e. The number of hydrogen-bond donors (Lipinski definition) is 1. The highest BCUT2D eigenvalue weighted by Gasteiger charge is 2.48. The quantitative estimate of drug-likeness (QED) is 0.832. The van der Waals surface area contributed by atoms with Crippen LogP contribution in [0.1, 0.15) is 17.2 Å². The lowest BCUT2D eigenvalue weighted by Gasteiger charge is -2.32. The molecule has 2 rings (SSSR count). The van der Waals surface area contributed by atoms with E-state index in [-0.39, 0.29) is 18.0 Å². The minimum atomic E-state index is -4.63. The predicted octanol–water partition coefficient (Wildman–Crippen LogP) is 3.55. The first-order chi connectivity index (χ1) is 9.65. The SMILES string of the molecule is COc1cc(C(F)(F)F)ccc1[C@@H]1NC(=O)OCC1(F)F.Cl. The Morgan fingerprint density at radius 1 is 1.36 bits per heavy atom. The second-order valence-corrected chi connectivity index (χ2v) is 4.37. The van der Waals surface area contributed by atoms with Crippen molar-refractivity contribution in [3.05, 3.63) is 29.3 Å². The van der Waals surface area contributed by atoms with Gasteiger partial charge in [-0.15, -0.1) is 12.4 Å². The van der Waals surface area contributed by atoms with Crippen molar-refractivity contribution in [1.82, 2.24) is 5.32 Å². The Morgan fingerprint density at radius 3 is 2.55 bits per heavy atom. The monoisotopic (exact) mass is 347 g/mol. The Morgan fingerprint density at radius 2 is 2.00 bits per heavy atom. The maximum absolute atomic E-state index is 13.8. The fraction of sp³-hybridized carbons (Fsp3) is 0.417. The van der Waals surface area contributed by atoms with Gasteiger partial charge in [0, 0.05) is 5.56 Å². The lowest BCUT2D eigenvalue weighted by Crippen LogP contribution is -2.49. The third-order valence-corrected chi connectivity index (χ3v) is 2.95. The van der Waals surface area contributed by atoms with E-state index in [1.807, 2.05) is 5.32 Å². The van der Waals surface area contributed by atoms with E-state index in [1.165, 1.54) is 0 Å². The summed E-state index contributed by atoms with van der Waals surface area (Å²) in [7, 11) is 1.05. The highest BCUT2D eigenvalue weighted by Crippen LogP contribution is 2.41. The molecule has 1 saturated heterocycles. The van der Waals surface area contributed by atoms with Gasteiger partial charge in [-0.2, -0.15) is 13.2 Å². The van der Waals surface area contributed by atoms with Crippen LogP contribution in [0.3, 0.4) is 0 Å². The number of nitrogens with one attached hydrogen (secondary N) is 1. The van der Waals surface area contributed by atoms with E-state index < -0.39 is 42.2 Å². The molecule has 0 bridgehead atoms. The van der Waals surface area contributed by atoms with Gasteiger partial charge in [-0.05, 0) is 12.1 Å². The zero-order chi connectivity index (χ0) is 15.8. The molecule has 0 saturated carbocycles. The number of carbonyl (C=O) groups excluding carboxylic acids is 1. The highest BCUT2D eigenvalue weighted by molar-refractivity contribution is 5.85. The van der Waals surface area contributed by atoms with Crippen LogP contribution in [-0.4, -0.2) is 25.7 Å². The number of amides is 1. The molecule has 1 aromatic rings. The van der Waals surface area contributed by atoms with Crippen LogP contribution in [0.5, 0.6) is 5.75 Å². The topological polar surface area (TPSA) is 47.6 Å². The van der Waals surface area contributed by atoms with Crippen molar-refractivity contribution in [3.63, 3.8) is 0 Å². The van der Waals surface area contributed by atoms with Gasteiger partial charge in [0.05, 0.1) is 12.7 Å². The highest BCUT2D eigenvalue weighted by atomic mass is 35.5. The summed E-state index contributed by atoms with van der Waals surface area (Å²) in [5.74, 6) is -3.86. The molecule has 124 valence electrons. The summed E-state index contributed by atoms with van der Waals surface area (Å²) in [6, 6.07) is 0.282. The number of rotatable bonds is 2. The van der Waals surface area contributed by atoms with Gasteiger partial charge >= 0.3 is 18.2 Å². The molecule has 1 N–H and O–H groups in total. The van der Waals surface area contributed by atoms with Gasteiger partial charge in [-0.3, -0.25) is 0 Å². The smallest absolute Gasteiger partial charge is 0.416 e. The van der Waals surface area contributed by atoms with Crippen molar-refractivity contribution >= 4 is 18.5 Å². The first kappa shape index (κ1) is 18.3. The maximum atomic E-state index is 13.8. The summed E-state index contributed by atoms with van der Waals surface area (Å²) in [6.07, 6.45) is -5.71. The van der Waals surface area contributed by atoms with E-state index in [9.17, 15) is 26.7 Å². The number of carbonyl (C=O) groups is 1.